The van der Waals surface area contributed by atoms with Crippen LogP contribution >= 0.6 is 11.8 Å². The van der Waals surface area contributed by atoms with Gasteiger partial charge >= 0.3 is 6.09 Å². The van der Waals surface area contributed by atoms with Gasteiger partial charge in [-0.25, -0.2) is 10.3 Å². The summed E-state index contributed by atoms with van der Waals surface area (Å²) in [5.41, 5.74) is 1.69. The molecule has 0 aliphatic heterocycles. The highest BCUT2D eigenvalue weighted by Crippen LogP contribution is 2.41. The summed E-state index contributed by atoms with van der Waals surface area (Å²) in [6, 6.07) is 11.9. The summed E-state index contributed by atoms with van der Waals surface area (Å²) in [6.07, 6.45) is 3.02. The first kappa shape index (κ1) is 24.1. The van der Waals surface area contributed by atoms with Crippen LogP contribution in [0.4, 0.5) is 10.5 Å². The van der Waals surface area contributed by atoms with Crippen LogP contribution in [-0.2, 0) is 9.53 Å². The number of hydroxylamine groups is 1. The minimum Gasteiger partial charge on any atom is -0.504 e. The van der Waals surface area contributed by atoms with E-state index >= 15 is 0 Å². The highest BCUT2D eigenvalue weighted by molar-refractivity contribution is 7.98. The molecule has 0 radical (unpaired) electrons. The van der Waals surface area contributed by atoms with Crippen LogP contribution in [-0.4, -0.2) is 35.7 Å². The predicted molar refractivity (Wildman–Crippen MR) is 119 cm³/mol. The molecule has 0 aliphatic rings. The molecule has 31 heavy (non-hydrogen) atoms. The molecule has 4 N–H and O–H groups in total. The Morgan fingerprint density at radius 2 is 1.84 bits per heavy atom. The number of nitrogens with one attached hydrogen (secondary N) is 2. The number of methoxy groups -OCH3 is 1. The maximum atomic E-state index is 12.6. The lowest BCUT2D eigenvalue weighted by atomic mass is 9.82. The molecule has 0 aromatic heterocycles. The molecule has 2 aromatic rings. The van der Waals surface area contributed by atoms with Gasteiger partial charge in [0.1, 0.15) is 6.10 Å². The fraction of sp³-hybridized carbons (Fsp3) is 0.273. The van der Waals surface area contributed by atoms with Crippen molar-refractivity contribution in [2.45, 2.75) is 24.8 Å². The topological polar surface area (TPSA) is 117 Å². The zero-order valence-electron chi connectivity index (χ0n) is 17.7. The van der Waals surface area contributed by atoms with Gasteiger partial charge in [-0.3, -0.25) is 15.3 Å². The van der Waals surface area contributed by atoms with E-state index in [1.165, 1.54) is 24.7 Å². The van der Waals surface area contributed by atoms with Crippen molar-refractivity contribution in [1.82, 2.24) is 5.48 Å². The maximum absolute atomic E-state index is 12.6. The number of hydrogen-bond acceptors (Lipinski definition) is 7. The largest absolute Gasteiger partial charge is 0.504 e. The summed E-state index contributed by atoms with van der Waals surface area (Å²) in [7, 11) is 1.43. The van der Waals surface area contributed by atoms with Crippen molar-refractivity contribution < 1.29 is 29.4 Å². The highest BCUT2D eigenvalue weighted by Gasteiger charge is 2.33. The van der Waals surface area contributed by atoms with Gasteiger partial charge in [0.2, 0.25) is 0 Å². The highest BCUT2D eigenvalue weighted by atomic mass is 32.2. The van der Waals surface area contributed by atoms with Gasteiger partial charge in [-0.2, -0.15) is 0 Å². The van der Waals surface area contributed by atoms with E-state index in [2.05, 4.69) is 5.32 Å². The summed E-state index contributed by atoms with van der Waals surface area (Å²) >= 11 is 1.59. The van der Waals surface area contributed by atoms with Crippen LogP contribution in [0.3, 0.4) is 0 Å². The molecule has 2 amide bonds. The number of thioether (sulfide) groups is 1. The lowest BCUT2D eigenvalue weighted by Gasteiger charge is -2.32. The summed E-state index contributed by atoms with van der Waals surface area (Å²) in [5, 5.41) is 21.6. The summed E-state index contributed by atoms with van der Waals surface area (Å²) in [4.78, 5) is 25.1. The van der Waals surface area contributed by atoms with Crippen LogP contribution in [0.25, 0.3) is 0 Å². The van der Waals surface area contributed by atoms with E-state index in [1.807, 2.05) is 18.4 Å². The Hall–Kier alpha value is -3.17. The number of hydrogen-bond donors (Lipinski definition) is 4. The second-order valence-corrected chi connectivity index (χ2v) is 8.08. The van der Waals surface area contributed by atoms with E-state index in [-0.39, 0.29) is 11.5 Å². The minimum atomic E-state index is -0.881. The standard InChI is InChI=1S/C22H26N2O6S/c1-22(2,12-11-19(26)24-28)20(14-5-10-18(29-3)17(25)13-14)30-21(27)23-15-6-8-16(31-4)9-7-15/h5-13,20,25,28H,1-4H3,(H,23,27)(H,24,26)/b12-11+/t20-/m1/s1. The zero-order chi connectivity index (χ0) is 23.0. The molecule has 0 fully saturated rings. The average molecular weight is 447 g/mol. The van der Waals surface area contributed by atoms with Crippen molar-refractivity contribution in [2.24, 2.45) is 5.41 Å². The third-order valence-electron chi connectivity index (χ3n) is 4.52. The Balaban J connectivity index is 2.31. The second-order valence-electron chi connectivity index (χ2n) is 7.20. The fourth-order valence-corrected chi connectivity index (χ4v) is 3.27. The van der Waals surface area contributed by atoms with Gasteiger partial charge in [0.15, 0.2) is 11.5 Å². The number of carbonyl (C=O) groups excluding carboxylic acids is 2. The first-order valence-corrected chi connectivity index (χ1v) is 10.5. The normalized spacial score (nSPS) is 12.3. The predicted octanol–water partition coefficient (Wildman–Crippen LogP) is 4.50. The Bertz CT molecular complexity index is 944. The first-order chi connectivity index (χ1) is 14.7. The van der Waals surface area contributed by atoms with Gasteiger partial charge in [-0.1, -0.05) is 26.0 Å². The monoisotopic (exact) mass is 446 g/mol. The SMILES string of the molecule is COc1ccc([C@@H](OC(=O)Nc2ccc(SC)cc2)C(C)(C)/C=C/C(=O)NO)cc1O. The Labute approximate surface area is 185 Å². The van der Waals surface area contributed by atoms with E-state index in [1.54, 1.807) is 49.9 Å². The minimum absolute atomic E-state index is 0.116. The molecule has 0 saturated heterocycles. The number of ether oxygens (including phenoxy) is 2. The third-order valence-corrected chi connectivity index (χ3v) is 5.26. The molecule has 9 heteroatoms. The molecule has 2 aromatic carbocycles. The number of rotatable bonds is 8. The number of phenols is 1. The molecule has 166 valence electrons. The summed E-state index contributed by atoms with van der Waals surface area (Å²) in [5.74, 6) is -0.564. The Morgan fingerprint density at radius 1 is 1.16 bits per heavy atom. The molecule has 0 aliphatic carbocycles. The smallest absolute Gasteiger partial charge is 0.412 e. The quantitative estimate of drug-likeness (QED) is 0.204. The van der Waals surface area contributed by atoms with Gasteiger partial charge in [-0.15, -0.1) is 11.8 Å². The molecular weight excluding hydrogens is 420 g/mol. The lowest BCUT2D eigenvalue weighted by Crippen LogP contribution is -2.28. The van der Waals surface area contributed by atoms with E-state index < -0.39 is 23.5 Å². The molecule has 0 saturated carbocycles. The molecule has 0 spiro atoms. The van der Waals surface area contributed by atoms with Gasteiger partial charge < -0.3 is 14.6 Å². The number of phenolic OH excluding ortho intramolecular Hbond substituents is 1. The summed E-state index contributed by atoms with van der Waals surface area (Å²) < 4.78 is 10.8. The third kappa shape index (κ3) is 6.66. The summed E-state index contributed by atoms with van der Waals surface area (Å²) in [6.45, 7) is 3.50. The van der Waals surface area contributed by atoms with Crippen LogP contribution in [0.2, 0.25) is 0 Å². The molecular formula is C22H26N2O6S. The molecule has 8 nitrogen and oxygen atoms in total. The molecule has 0 heterocycles. The molecule has 0 unspecified atom stereocenters. The average Bonchev–Trinajstić information content (AvgIpc) is 2.76. The molecule has 0 bridgehead atoms. The van der Waals surface area contributed by atoms with Gasteiger partial charge in [-0.05, 0) is 48.2 Å². The van der Waals surface area contributed by atoms with E-state index in [0.29, 0.717) is 11.3 Å². The molecule has 2 rings (SSSR count). The van der Waals surface area contributed by atoms with Crippen LogP contribution in [0.1, 0.15) is 25.5 Å². The van der Waals surface area contributed by atoms with Gasteiger partial charge in [0, 0.05) is 22.1 Å². The number of carbonyl (C=O) groups is 2. The van der Waals surface area contributed by atoms with Crippen LogP contribution in [0, 0.1) is 5.41 Å². The van der Waals surface area contributed by atoms with Crippen molar-refractivity contribution >= 4 is 29.4 Å². The fourth-order valence-electron chi connectivity index (χ4n) is 2.86. The number of anilines is 1. The van der Waals surface area contributed by atoms with Crippen molar-refractivity contribution in [1.29, 1.82) is 0 Å². The Kier molecular flexibility index (Phi) is 8.35. The maximum Gasteiger partial charge on any atom is 0.412 e. The second kappa shape index (κ2) is 10.7. The van der Waals surface area contributed by atoms with Crippen molar-refractivity contribution in [3.8, 4) is 11.5 Å². The zero-order valence-corrected chi connectivity index (χ0v) is 18.5. The number of amides is 2. The van der Waals surface area contributed by atoms with Gasteiger partial charge in [0.05, 0.1) is 7.11 Å². The van der Waals surface area contributed by atoms with Crippen LogP contribution in [0.15, 0.2) is 59.5 Å². The number of benzene rings is 2. The van der Waals surface area contributed by atoms with Crippen molar-refractivity contribution in [3.05, 3.63) is 60.2 Å². The van der Waals surface area contributed by atoms with E-state index in [0.717, 1.165) is 11.0 Å². The Morgan fingerprint density at radius 3 is 2.39 bits per heavy atom. The van der Waals surface area contributed by atoms with Crippen molar-refractivity contribution in [3.63, 3.8) is 0 Å². The van der Waals surface area contributed by atoms with E-state index in [4.69, 9.17) is 14.7 Å². The lowest BCUT2D eigenvalue weighted by molar-refractivity contribution is -0.124. The van der Waals surface area contributed by atoms with Crippen molar-refractivity contribution in [2.75, 3.05) is 18.7 Å². The van der Waals surface area contributed by atoms with E-state index in [9.17, 15) is 14.7 Å². The van der Waals surface area contributed by atoms with Gasteiger partial charge in [0.25, 0.3) is 5.91 Å². The molecule has 1 atom stereocenters. The van der Waals surface area contributed by atoms with Crippen LogP contribution in [0.5, 0.6) is 11.5 Å². The van der Waals surface area contributed by atoms with Crippen LogP contribution < -0.4 is 15.5 Å². The first-order valence-electron chi connectivity index (χ1n) is 9.32. The number of aromatic hydroxyl groups is 1.